The number of nitrogens with one attached hydrogen (secondary N) is 2. The van der Waals surface area contributed by atoms with E-state index in [1.165, 1.54) is 34.4 Å². The number of ether oxygens (including phenoxy) is 3. The van der Waals surface area contributed by atoms with Gasteiger partial charge in [-0.2, -0.15) is 13.2 Å². The molecule has 0 atom stereocenters. The number of nitrogens with zero attached hydrogens (tertiary/aromatic N) is 2. The van der Waals surface area contributed by atoms with Crippen LogP contribution < -0.4 is 24.2 Å². The van der Waals surface area contributed by atoms with E-state index in [9.17, 15) is 36.0 Å². The lowest BCUT2D eigenvalue weighted by Gasteiger charge is -2.37. The zero-order valence-electron chi connectivity index (χ0n) is 25.7. The van der Waals surface area contributed by atoms with Crippen molar-refractivity contribution in [3.05, 3.63) is 41.5 Å². The first-order valence-corrected chi connectivity index (χ1v) is 15.5. The van der Waals surface area contributed by atoms with Crippen molar-refractivity contribution in [3.63, 3.8) is 0 Å². The van der Waals surface area contributed by atoms with E-state index in [0.29, 0.717) is 57.5 Å². The van der Waals surface area contributed by atoms with Gasteiger partial charge in [0.15, 0.2) is 17.3 Å². The van der Waals surface area contributed by atoms with Crippen LogP contribution in [-0.2, 0) is 21.0 Å². The van der Waals surface area contributed by atoms with Crippen LogP contribution in [0.4, 0.5) is 23.7 Å². The number of methoxy groups -OCH3 is 3. The highest BCUT2D eigenvalue weighted by molar-refractivity contribution is 7.92. The monoisotopic (exact) mass is 692 g/mol. The van der Waals surface area contributed by atoms with Crippen molar-refractivity contribution in [2.24, 2.45) is 0 Å². The summed E-state index contributed by atoms with van der Waals surface area (Å²) in [5, 5.41) is 2.80. The maximum absolute atomic E-state index is 13.5. The van der Waals surface area contributed by atoms with Crippen LogP contribution in [0.5, 0.6) is 17.2 Å². The van der Waals surface area contributed by atoms with E-state index in [4.69, 9.17) is 14.2 Å². The molecule has 12 nitrogen and oxygen atoms in total. The predicted molar refractivity (Wildman–Crippen MR) is 163 cm³/mol. The van der Waals surface area contributed by atoms with Crippen LogP contribution in [0, 0.1) is 0 Å². The first-order chi connectivity index (χ1) is 21.2. The molecule has 2 aromatic rings. The number of unbranched alkanes of at least 4 members (excludes halogenated alkanes) is 1. The second kappa shape index (κ2) is 14.3. The molecule has 0 bridgehead atoms. The number of halogens is 4. The topological polar surface area (TPSA) is 144 Å². The van der Waals surface area contributed by atoms with Crippen LogP contribution >= 0.6 is 12.4 Å². The second-order valence-electron chi connectivity index (χ2n) is 10.8. The standard InChI is InChI=1S/C29H35F3N4O8S.ClH/c1-35-26(38)28(33-27(35)39)12-15-36(16-13-28)14-6-5-7-20(37)23-21(42-2)17-22(43-3)24(25(23)44-4)34-45(40,41)19-10-8-18(9-11-19)29(30,31)32;/h8-11,17,34H,5-7,12-16H2,1-4H3,(H,33,39);1H. The normalized spacial score (nSPS) is 16.5. The van der Waals surface area contributed by atoms with E-state index in [2.05, 4.69) is 14.9 Å². The lowest BCUT2D eigenvalue weighted by atomic mass is 9.87. The van der Waals surface area contributed by atoms with Gasteiger partial charge in [0.1, 0.15) is 22.5 Å². The number of alkyl halides is 3. The zero-order valence-corrected chi connectivity index (χ0v) is 27.3. The molecule has 0 radical (unpaired) electrons. The SMILES string of the molecule is COc1cc(OC)c(C(=O)CCCCN2CCC3(CC2)NC(=O)N(C)C3=O)c(OC)c1NS(=O)(=O)c1ccc(C(F)(F)F)cc1.Cl. The molecule has 0 unspecified atom stereocenters. The Bertz CT molecular complexity index is 1560. The molecule has 254 valence electrons. The Morgan fingerprint density at radius 1 is 1.00 bits per heavy atom. The summed E-state index contributed by atoms with van der Waals surface area (Å²) in [6, 6.07) is 3.87. The summed E-state index contributed by atoms with van der Waals surface area (Å²) in [5.74, 6) is -0.730. The average Bonchev–Trinajstić information content (AvgIpc) is 3.21. The van der Waals surface area contributed by atoms with Crippen molar-refractivity contribution in [1.29, 1.82) is 0 Å². The van der Waals surface area contributed by atoms with Crippen molar-refractivity contribution in [2.45, 2.75) is 48.7 Å². The van der Waals surface area contributed by atoms with E-state index in [0.717, 1.165) is 17.0 Å². The first kappa shape index (κ1) is 36.7. The van der Waals surface area contributed by atoms with Crippen LogP contribution in [0.3, 0.4) is 0 Å². The highest BCUT2D eigenvalue weighted by Crippen LogP contribution is 2.45. The van der Waals surface area contributed by atoms with E-state index in [-0.39, 0.29) is 59.0 Å². The fraction of sp³-hybridized carbons (Fsp3) is 0.483. The van der Waals surface area contributed by atoms with Crippen LogP contribution in [0.2, 0.25) is 0 Å². The minimum Gasteiger partial charge on any atom is -0.496 e. The predicted octanol–water partition coefficient (Wildman–Crippen LogP) is 4.32. The van der Waals surface area contributed by atoms with Crippen LogP contribution in [0.15, 0.2) is 35.2 Å². The van der Waals surface area contributed by atoms with Gasteiger partial charge in [-0.1, -0.05) is 0 Å². The number of likely N-dealkylation sites (tertiary alicyclic amines) is 1. The number of hydrogen-bond donors (Lipinski definition) is 2. The lowest BCUT2D eigenvalue weighted by molar-refractivity contribution is -0.137. The van der Waals surface area contributed by atoms with Crippen molar-refractivity contribution < 1.29 is 50.2 Å². The van der Waals surface area contributed by atoms with E-state index in [1.54, 1.807) is 0 Å². The van der Waals surface area contributed by atoms with Gasteiger partial charge in [-0.05, 0) is 56.5 Å². The Hall–Kier alpha value is -3.76. The molecule has 0 aliphatic carbocycles. The minimum absolute atomic E-state index is 0. The van der Waals surface area contributed by atoms with E-state index in [1.807, 2.05) is 0 Å². The van der Waals surface area contributed by atoms with E-state index >= 15 is 0 Å². The largest absolute Gasteiger partial charge is 0.496 e. The number of rotatable bonds is 12. The van der Waals surface area contributed by atoms with Gasteiger partial charge in [-0.3, -0.25) is 19.2 Å². The summed E-state index contributed by atoms with van der Waals surface area (Å²) in [6.07, 6.45) is -2.47. The summed E-state index contributed by atoms with van der Waals surface area (Å²) in [6.45, 7) is 1.88. The Morgan fingerprint density at radius 2 is 1.61 bits per heavy atom. The third-order valence-corrected chi connectivity index (χ3v) is 9.43. The number of sulfonamides is 1. The number of ketones is 1. The number of Topliss-reactive ketones (excluding diaryl/α,β-unsaturated/α-hetero) is 1. The van der Waals surface area contributed by atoms with Crippen molar-refractivity contribution in [2.75, 3.05) is 52.7 Å². The Kier molecular flexibility index (Phi) is 11.4. The second-order valence-corrected chi connectivity index (χ2v) is 12.5. The van der Waals surface area contributed by atoms with Gasteiger partial charge in [0.2, 0.25) is 0 Å². The molecule has 3 amide bonds. The summed E-state index contributed by atoms with van der Waals surface area (Å²) >= 11 is 0. The van der Waals surface area contributed by atoms with Gasteiger partial charge in [-0.15, -0.1) is 12.4 Å². The molecule has 2 aliphatic rings. The average molecular weight is 693 g/mol. The zero-order chi connectivity index (χ0) is 33.2. The smallest absolute Gasteiger partial charge is 0.416 e. The number of urea groups is 1. The van der Waals surface area contributed by atoms with Gasteiger partial charge in [0.05, 0.1) is 31.8 Å². The maximum Gasteiger partial charge on any atom is 0.416 e. The van der Waals surface area contributed by atoms with E-state index < -0.39 is 38.2 Å². The molecular formula is C29H36ClF3N4O8S. The summed E-state index contributed by atoms with van der Waals surface area (Å²) in [5.41, 5.74) is -2.11. The first-order valence-electron chi connectivity index (χ1n) is 14.1. The fourth-order valence-corrected chi connectivity index (χ4v) is 6.59. The Morgan fingerprint density at radius 3 is 2.11 bits per heavy atom. The number of likely N-dealkylation sites (N-methyl/N-ethyl adjacent to an activating group) is 1. The summed E-state index contributed by atoms with van der Waals surface area (Å²) < 4.78 is 83.8. The molecule has 2 fully saturated rings. The number of anilines is 1. The number of benzene rings is 2. The highest BCUT2D eigenvalue weighted by atomic mass is 35.5. The third kappa shape index (κ3) is 7.44. The van der Waals surface area contributed by atoms with Gasteiger partial charge in [0.25, 0.3) is 15.9 Å². The molecule has 17 heteroatoms. The quantitative estimate of drug-likeness (QED) is 0.189. The third-order valence-electron chi connectivity index (χ3n) is 8.06. The van der Waals surface area contributed by atoms with Gasteiger partial charge in [-0.25, -0.2) is 13.2 Å². The number of hydrogen-bond acceptors (Lipinski definition) is 9. The number of amides is 3. The molecule has 46 heavy (non-hydrogen) atoms. The van der Waals surface area contributed by atoms with Crippen molar-refractivity contribution in [1.82, 2.24) is 15.1 Å². The number of carbonyl (C=O) groups is 3. The molecule has 2 aromatic carbocycles. The maximum atomic E-state index is 13.5. The summed E-state index contributed by atoms with van der Waals surface area (Å²) in [4.78, 5) is 40.7. The fourth-order valence-electron chi connectivity index (χ4n) is 5.51. The number of piperidine rings is 1. The molecule has 2 saturated heterocycles. The molecule has 0 saturated carbocycles. The molecular weight excluding hydrogens is 657 g/mol. The lowest BCUT2D eigenvalue weighted by Crippen LogP contribution is -2.54. The van der Waals surface area contributed by atoms with Crippen molar-refractivity contribution in [3.8, 4) is 17.2 Å². The van der Waals surface area contributed by atoms with Crippen LogP contribution in [0.25, 0.3) is 0 Å². The molecule has 2 N–H and O–H groups in total. The van der Waals surface area contributed by atoms with Gasteiger partial charge < -0.3 is 24.4 Å². The molecule has 2 heterocycles. The van der Waals surface area contributed by atoms with Gasteiger partial charge in [0, 0.05) is 32.6 Å². The Balaban J connectivity index is 0.00000576. The molecule has 0 aromatic heterocycles. The molecule has 4 rings (SSSR count). The number of carbonyl (C=O) groups excluding carboxylic acids is 3. The summed E-state index contributed by atoms with van der Waals surface area (Å²) in [7, 11) is 0.853. The molecule has 1 spiro atoms. The Labute approximate surface area is 271 Å². The highest BCUT2D eigenvalue weighted by Gasteiger charge is 2.50. The van der Waals surface area contributed by atoms with Crippen LogP contribution in [-0.4, -0.2) is 89.5 Å². The van der Waals surface area contributed by atoms with Crippen molar-refractivity contribution >= 4 is 45.8 Å². The van der Waals surface area contributed by atoms with Gasteiger partial charge >= 0.3 is 12.2 Å². The molecule has 2 aliphatic heterocycles. The minimum atomic E-state index is -4.64. The number of imide groups is 1. The van der Waals surface area contributed by atoms with Crippen LogP contribution in [0.1, 0.15) is 48.0 Å².